The van der Waals surface area contributed by atoms with Gasteiger partial charge in [0.05, 0.1) is 6.10 Å². The van der Waals surface area contributed by atoms with Crippen molar-refractivity contribution < 1.29 is 9.90 Å². The zero-order chi connectivity index (χ0) is 21.4. The maximum absolute atomic E-state index is 11.9. The SMILES string of the molecule is Cc1cnc(Nc2cc(N3CC(O)C3)nc(Sc3ccc(NC(=O)C4CC4)cc3)n2)s1. The summed E-state index contributed by atoms with van der Waals surface area (Å²) in [6.07, 6.45) is 3.47. The number of aryl methyl sites for hydroxylation is 1. The van der Waals surface area contributed by atoms with Gasteiger partial charge in [0.25, 0.3) is 0 Å². The Kier molecular flexibility index (Phi) is 5.51. The number of hydrogen-bond donors (Lipinski definition) is 3. The number of anilines is 4. The highest BCUT2D eigenvalue weighted by Crippen LogP contribution is 2.33. The van der Waals surface area contributed by atoms with Crippen LogP contribution in [0.15, 0.2) is 46.6 Å². The number of nitrogens with zero attached hydrogens (tertiary/aromatic N) is 4. The van der Waals surface area contributed by atoms with E-state index in [-0.39, 0.29) is 17.9 Å². The van der Waals surface area contributed by atoms with Crippen molar-refractivity contribution in [3.8, 4) is 0 Å². The van der Waals surface area contributed by atoms with Crippen molar-refractivity contribution >= 4 is 51.5 Å². The fraction of sp³-hybridized carbons (Fsp3) is 0.333. The van der Waals surface area contributed by atoms with Crippen LogP contribution in [-0.4, -0.2) is 45.2 Å². The molecule has 5 rings (SSSR count). The van der Waals surface area contributed by atoms with Gasteiger partial charge in [0.2, 0.25) is 5.91 Å². The summed E-state index contributed by atoms with van der Waals surface area (Å²) in [6, 6.07) is 9.58. The smallest absolute Gasteiger partial charge is 0.227 e. The van der Waals surface area contributed by atoms with Crippen LogP contribution in [0.5, 0.6) is 0 Å². The third kappa shape index (κ3) is 4.97. The minimum Gasteiger partial charge on any atom is -0.389 e. The Bertz CT molecular complexity index is 1090. The lowest BCUT2D eigenvalue weighted by molar-refractivity contribution is -0.117. The number of nitrogens with one attached hydrogen (secondary N) is 2. The van der Waals surface area contributed by atoms with E-state index in [2.05, 4.69) is 25.6 Å². The number of thiazole rings is 1. The third-order valence-electron chi connectivity index (χ3n) is 5.01. The zero-order valence-electron chi connectivity index (χ0n) is 16.9. The summed E-state index contributed by atoms with van der Waals surface area (Å²) in [4.78, 5) is 29.7. The molecule has 1 aliphatic heterocycles. The second kappa shape index (κ2) is 8.45. The van der Waals surface area contributed by atoms with Gasteiger partial charge in [0.1, 0.15) is 11.6 Å². The second-order valence-corrected chi connectivity index (χ2v) is 10.0. The molecule has 0 unspecified atom stereocenters. The average molecular weight is 455 g/mol. The Morgan fingerprint density at radius 2 is 2.00 bits per heavy atom. The maximum atomic E-state index is 11.9. The molecule has 1 aliphatic carbocycles. The number of carbonyl (C=O) groups excluding carboxylic acids is 1. The van der Waals surface area contributed by atoms with Crippen LogP contribution in [0.1, 0.15) is 17.7 Å². The molecule has 2 aliphatic rings. The molecule has 0 atom stereocenters. The topological polar surface area (TPSA) is 103 Å². The van der Waals surface area contributed by atoms with Crippen molar-refractivity contribution in [1.29, 1.82) is 0 Å². The molecule has 2 aromatic heterocycles. The first-order valence-electron chi connectivity index (χ1n) is 10.1. The van der Waals surface area contributed by atoms with Crippen LogP contribution in [0.4, 0.5) is 22.5 Å². The number of rotatable bonds is 7. The minimum absolute atomic E-state index is 0.0984. The van der Waals surface area contributed by atoms with Gasteiger partial charge >= 0.3 is 0 Å². The van der Waals surface area contributed by atoms with Crippen molar-refractivity contribution in [3.63, 3.8) is 0 Å². The summed E-state index contributed by atoms with van der Waals surface area (Å²) in [5.41, 5.74) is 0.798. The predicted octanol–water partition coefficient (Wildman–Crippen LogP) is 3.67. The zero-order valence-corrected chi connectivity index (χ0v) is 18.5. The molecule has 0 spiro atoms. The van der Waals surface area contributed by atoms with E-state index in [0.717, 1.165) is 39.3 Å². The summed E-state index contributed by atoms with van der Waals surface area (Å²) in [6.45, 7) is 3.13. The van der Waals surface area contributed by atoms with Gasteiger partial charge in [-0.05, 0) is 55.8 Å². The normalized spacial score (nSPS) is 16.1. The van der Waals surface area contributed by atoms with Crippen molar-refractivity contribution in [2.75, 3.05) is 28.6 Å². The van der Waals surface area contributed by atoms with Crippen LogP contribution in [-0.2, 0) is 4.79 Å². The van der Waals surface area contributed by atoms with Gasteiger partial charge in [-0.3, -0.25) is 4.79 Å². The summed E-state index contributed by atoms with van der Waals surface area (Å²) < 4.78 is 0. The Labute approximate surface area is 188 Å². The molecule has 1 aromatic carbocycles. The molecular formula is C21H22N6O2S2. The fourth-order valence-corrected chi connectivity index (χ4v) is 4.59. The third-order valence-corrected chi connectivity index (χ3v) is 6.72. The molecule has 31 heavy (non-hydrogen) atoms. The van der Waals surface area contributed by atoms with Crippen LogP contribution >= 0.6 is 23.1 Å². The lowest BCUT2D eigenvalue weighted by Gasteiger charge is -2.37. The monoisotopic (exact) mass is 454 g/mol. The summed E-state index contributed by atoms with van der Waals surface area (Å²) in [5, 5.41) is 17.3. The predicted molar refractivity (Wildman–Crippen MR) is 122 cm³/mol. The van der Waals surface area contributed by atoms with Crippen LogP contribution in [0.3, 0.4) is 0 Å². The molecule has 0 radical (unpaired) electrons. The first kappa shape index (κ1) is 20.2. The number of benzene rings is 1. The lowest BCUT2D eigenvalue weighted by atomic mass is 10.2. The Hall–Kier alpha value is -2.69. The summed E-state index contributed by atoms with van der Waals surface area (Å²) >= 11 is 3.01. The maximum Gasteiger partial charge on any atom is 0.227 e. The highest BCUT2D eigenvalue weighted by molar-refractivity contribution is 7.99. The van der Waals surface area contributed by atoms with Gasteiger partial charge in [0, 0.05) is 46.7 Å². The van der Waals surface area contributed by atoms with Gasteiger partial charge in [-0.2, -0.15) is 0 Å². The van der Waals surface area contributed by atoms with E-state index in [1.807, 2.05) is 48.4 Å². The quantitative estimate of drug-likeness (QED) is 0.465. The number of aliphatic hydroxyl groups excluding tert-OH is 1. The molecule has 160 valence electrons. The molecule has 1 amide bonds. The number of aliphatic hydroxyl groups is 1. The molecule has 1 saturated carbocycles. The average Bonchev–Trinajstić information content (AvgIpc) is 3.50. The van der Waals surface area contributed by atoms with Gasteiger partial charge in [-0.15, -0.1) is 11.3 Å². The van der Waals surface area contributed by atoms with E-state index in [1.54, 1.807) is 11.3 Å². The van der Waals surface area contributed by atoms with Crippen LogP contribution in [0.25, 0.3) is 0 Å². The van der Waals surface area contributed by atoms with E-state index < -0.39 is 0 Å². The molecule has 2 fully saturated rings. The lowest BCUT2D eigenvalue weighted by Crippen LogP contribution is -2.51. The summed E-state index contributed by atoms with van der Waals surface area (Å²) in [7, 11) is 0. The number of hydrogen-bond acceptors (Lipinski definition) is 9. The number of carbonyl (C=O) groups is 1. The molecule has 3 N–H and O–H groups in total. The second-order valence-electron chi connectivity index (χ2n) is 7.74. The molecule has 3 aromatic rings. The van der Waals surface area contributed by atoms with Crippen LogP contribution in [0, 0.1) is 12.8 Å². The van der Waals surface area contributed by atoms with Crippen molar-refractivity contribution in [1.82, 2.24) is 15.0 Å². The van der Waals surface area contributed by atoms with Crippen LogP contribution in [0.2, 0.25) is 0 Å². The van der Waals surface area contributed by atoms with Gasteiger partial charge < -0.3 is 20.6 Å². The van der Waals surface area contributed by atoms with Crippen molar-refractivity contribution in [3.05, 3.63) is 41.4 Å². The van der Waals surface area contributed by atoms with E-state index in [1.165, 1.54) is 11.8 Å². The molecule has 0 bridgehead atoms. The molecular weight excluding hydrogens is 432 g/mol. The molecule has 1 saturated heterocycles. The minimum atomic E-state index is -0.317. The van der Waals surface area contributed by atoms with E-state index in [0.29, 0.717) is 24.1 Å². The van der Waals surface area contributed by atoms with E-state index in [4.69, 9.17) is 0 Å². The fourth-order valence-electron chi connectivity index (χ4n) is 3.15. The standard InChI is InChI=1S/C21H22N6O2S2/c1-12-9-22-20(30-12)24-17-8-18(27-10-15(28)11-27)26-21(25-17)31-16-6-4-14(5-7-16)23-19(29)13-2-3-13/h4-9,13,15,28H,2-3,10-11H2,1H3,(H,23,29)(H,22,24,25,26). The molecule has 3 heterocycles. The molecule has 8 nitrogen and oxygen atoms in total. The number of amides is 1. The van der Waals surface area contributed by atoms with E-state index in [9.17, 15) is 9.90 Å². The van der Waals surface area contributed by atoms with Gasteiger partial charge in [0.15, 0.2) is 10.3 Å². The van der Waals surface area contributed by atoms with Gasteiger partial charge in [-0.1, -0.05) is 0 Å². The first-order chi connectivity index (χ1) is 15.0. The Morgan fingerprint density at radius 3 is 2.65 bits per heavy atom. The highest BCUT2D eigenvalue weighted by atomic mass is 32.2. The summed E-state index contributed by atoms with van der Waals surface area (Å²) in [5.74, 6) is 1.71. The van der Waals surface area contributed by atoms with E-state index >= 15 is 0 Å². The largest absolute Gasteiger partial charge is 0.389 e. The molecule has 10 heteroatoms. The number of aromatic nitrogens is 3. The van der Waals surface area contributed by atoms with Crippen molar-refractivity contribution in [2.45, 2.75) is 35.9 Å². The highest BCUT2D eigenvalue weighted by Gasteiger charge is 2.29. The first-order valence-corrected chi connectivity index (χ1v) is 11.8. The van der Waals surface area contributed by atoms with Gasteiger partial charge in [-0.25, -0.2) is 15.0 Å². The number of β-amino-alcohol motifs (C(OH)–C–C–N with tert-alkyl or cyclic N) is 1. The van der Waals surface area contributed by atoms with Crippen LogP contribution < -0.4 is 15.5 Å². The van der Waals surface area contributed by atoms with Crippen molar-refractivity contribution in [2.24, 2.45) is 5.92 Å². The Balaban J connectivity index is 1.33. The Morgan fingerprint density at radius 1 is 1.23 bits per heavy atom.